The van der Waals surface area contributed by atoms with Gasteiger partial charge in [-0.2, -0.15) is 0 Å². The normalized spacial score (nSPS) is 12.8. The summed E-state index contributed by atoms with van der Waals surface area (Å²) < 4.78 is 25.3. The lowest BCUT2D eigenvalue weighted by molar-refractivity contribution is -0.384. The first-order valence-corrected chi connectivity index (χ1v) is 7.28. The molecule has 0 heterocycles. The number of halogens is 1. The molecule has 0 radical (unpaired) electrons. The molecule has 0 fully saturated rings. The Morgan fingerprint density at radius 2 is 1.85 bits per heavy atom. The van der Waals surface area contributed by atoms with Crippen molar-refractivity contribution >= 4 is 28.1 Å². The van der Waals surface area contributed by atoms with E-state index in [-0.39, 0.29) is 36.4 Å². The van der Waals surface area contributed by atoms with Gasteiger partial charge in [-0.1, -0.05) is 12.1 Å². The third-order valence-corrected chi connectivity index (χ3v) is 4.83. The molecule has 0 saturated carbocycles. The Morgan fingerprint density at radius 1 is 1.35 bits per heavy atom. The molecule has 1 aromatic carbocycles. The smallest absolute Gasteiger partial charge is 0.269 e. The van der Waals surface area contributed by atoms with Crippen LogP contribution < -0.4 is 5.73 Å². The van der Waals surface area contributed by atoms with Gasteiger partial charge in [-0.25, -0.2) is 12.7 Å². The minimum Gasteiger partial charge on any atom is -0.329 e. The lowest BCUT2D eigenvalue weighted by Crippen LogP contribution is -2.40. The van der Waals surface area contributed by atoms with E-state index in [2.05, 4.69) is 0 Å². The maximum absolute atomic E-state index is 12.1. The SMILES string of the molecule is CC(CN)N(C)S(=O)(=O)Cc1ccc([N+](=O)[O-])cc1.Cl. The first-order chi connectivity index (χ1) is 8.77. The lowest BCUT2D eigenvalue weighted by atomic mass is 10.2. The zero-order chi connectivity index (χ0) is 14.6. The van der Waals surface area contributed by atoms with Crippen LogP contribution in [-0.4, -0.2) is 37.3 Å². The molecular weight excluding hydrogens is 306 g/mol. The topological polar surface area (TPSA) is 107 Å². The van der Waals surface area contributed by atoms with Gasteiger partial charge in [-0.3, -0.25) is 10.1 Å². The summed E-state index contributed by atoms with van der Waals surface area (Å²) >= 11 is 0. The van der Waals surface area contributed by atoms with Crippen LogP contribution in [0.4, 0.5) is 5.69 Å². The fourth-order valence-electron chi connectivity index (χ4n) is 1.45. The third kappa shape index (κ3) is 4.71. The summed E-state index contributed by atoms with van der Waals surface area (Å²) in [4.78, 5) is 9.97. The third-order valence-electron chi connectivity index (χ3n) is 2.90. The molecule has 2 N–H and O–H groups in total. The number of sulfonamides is 1. The number of benzene rings is 1. The second-order valence-corrected chi connectivity index (χ2v) is 6.31. The second kappa shape index (κ2) is 7.53. The van der Waals surface area contributed by atoms with Crippen molar-refractivity contribution in [2.24, 2.45) is 5.73 Å². The second-order valence-electron chi connectivity index (χ2n) is 4.28. The number of nitro benzene ring substituents is 1. The van der Waals surface area contributed by atoms with Gasteiger partial charge in [0.2, 0.25) is 10.0 Å². The van der Waals surface area contributed by atoms with E-state index >= 15 is 0 Å². The van der Waals surface area contributed by atoms with Gasteiger partial charge in [-0.15, -0.1) is 12.4 Å². The molecule has 0 bridgehead atoms. The Balaban J connectivity index is 0.00000361. The van der Waals surface area contributed by atoms with Crippen LogP contribution in [0.15, 0.2) is 24.3 Å². The number of hydrogen-bond donors (Lipinski definition) is 1. The molecule has 1 aromatic rings. The Hall–Kier alpha value is -1.22. The zero-order valence-electron chi connectivity index (χ0n) is 11.2. The zero-order valence-corrected chi connectivity index (χ0v) is 12.9. The maximum atomic E-state index is 12.1. The van der Waals surface area contributed by atoms with Crippen molar-refractivity contribution < 1.29 is 13.3 Å². The van der Waals surface area contributed by atoms with E-state index in [0.29, 0.717) is 5.56 Å². The molecule has 1 atom stereocenters. The first-order valence-electron chi connectivity index (χ1n) is 5.67. The summed E-state index contributed by atoms with van der Waals surface area (Å²) in [6.07, 6.45) is 0. The van der Waals surface area contributed by atoms with Crippen LogP contribution in [0.25, 0.3) is 0 Å². The average Bonchev–Trinajstić information content (AvgIpc) is 2.37. The van der Waals surface area contributed by atoms with Crippen LogP contribution >= 0.6 is 12.4 Å². The van der Waals surface area contributed by atoms with Crippen molar-refractivity contribution in [3.05, 3.63) is 39.9 Å². The van der Waals surface area contributed by atoms with Gasteiger partial charge < -0.3 is 5.73 Å². The predicted octanol–water partition coefficient (Wildman–Crippen LogP) is 1.13. The minimum absolute atomic E-state index is 0. The number of hydrogen-bond acceptors (Lipinski definition) is 5. The molecular formula is C11H18ClN3O4S. The quantitative estimate of drug-likeness (QED) is 0.623. The van der Waals surface area contributed by atoms with Crippen LogP contribution in [0, 0.1) is 10.1 Å². The van der Waals surface area contributed by atoms with Gasteiger partial charge in [0.05, 0.1) is 10.7 Å². The fraction of sp³-hybridized carbons (Fsp3) is 0.455. The molecule has 0 amide bonds. The summed E-state index contributed by atoms with van der Waals surface area (Å²) in [5, 5.41) is 10.5. The number of non-ortho nitro benzene ring substituents is 1. The summed E-state index contributed by atoms with van der Waals surface area (Å²) in [6.45, 7) is 1.95. The van der Waals surface area contributed by atoms with Gasteiger partial charge in [0, 0.05) is 31.8 Å². The van der Waals surface area contributed by atoms with E-state index in [9.17, 15) is 18.5 Å². The van der Waals surface area contributed by atoms with Gasteiger partial charge in [0.25, 0.3) is 5.69 Å². The molecule has 1 unspecified atom stereocenters. The predicted molar refractivity (Wildman–Crippen MR) is 79.2 cm³/mol. The Morgan fingerprint density at radius 3 is 2.25 bits per heavy atom. The van der Waals surface area contributed by atoms with Crippen molar-refractivity contribution in [2.45, 2.75) is 18.7 Å². The number of nitrogens with zero attached hydrogens (tertiary/aromatic N) is 2. The number of likely N-dealkylation sites (N-methyl/N-ethyl adjacent to an activating group) is 1. The van der Waals surface area contributed by atoms with Gasteiger partial charge in [-0.05, 0) is 12.5 Å². The van der Waals surface area contributed by atoms with Crippen molar-refractivity contribution in [3.8, 4) is 0 Å². The molecule has 1 rings (SSSR count). The fourth-order valence-corrected chi connectivity index (χ4v) is 2.90. The van der Waals surface area contributed by atoms with E-state index in [1.165, 1.54) is 35.6 Å². The largest absolute Gasteiger partial charge is 0.329 e. The van der Waals surface area contributed by atoms with Gasteiger partial charge in [0.1, 0.15) is 0 Å². The van der Waals surface area contributed by atoms with Crippen LogP contribution in [0.5, 0.6) is 0 Å². The Labute approximate surface area is 124 Å². The molecule has 7 nitrogen and oxygen atoms in total. The Bertz CT molecular complexity index is 547. The highest BCUT2D eigenvalue weighted by Crippen LogP contribution is 2.16. The average molecular weight is 324 g/mol. The van der Waals surface area contributed by atoms with Crippen LogP contribution in [0.2, 0.25) is 0 Å². The number of nitrogens with two attached hydrogens (primary N) is 1. The summed E-state index contributed by atoms with van der Waals surface area (Å²) in [6, 6.07) is 5.17. The van der Waals surface area contributed by atoms with Crippen molar-refractivity contribution in [1.82, 2.24) is 4.31 Å². The molecule has 114 valence electrons. The van der Waals surface area contributed by atoms with Crippen molar-refractivity contribution in [3.63, 3.8) is 0 Å². The molecule has 20 heavy (non-hydrogen) atoms. The van der Waals surface area contributed by atoms with E-state index < -0.39 is 14.9 Å². The molecule has 0 aliphatic heterocycles. The lowest BCUT2D eigenvalue weighted by Gasteiger charge is -2.22. The summed E-state index contributed by atoms with van der Waals surface area (Å²) in [5.74, 6) is -0.203. The van der Waals surface area contributed by atoms with E-state index in [4.69, 9.17) is 5.73 Å². The molecule has 0 aromatic heterocycles. The van der Waals surface area contributed by atoms with E-state index in [0.717, 1.165) is 0 Å². The van der Waals surface area contributed by atoms with Crippen LogP contribution in [-0.2, 0) is 15.8 Å². The molecule has 0 spiro atoms. The summed E-state index contributed by atoms with van der Waals surface area (Å²) in [7, 11) is -2.00. The number of rotatable bonds is 6. The minimum atomic E-state index is -3.47. The van der Waals surface area contributed by atoms with E-state index in [1.807, 2.05) is 0 Å². The van der Waals surface area contributed by atoms with Crippen molar-refractivity contribution in [1.29, 1.82) is 0 Å². The molecule has 0 aliphatic rings. The van der Waals surface area contributed by atoms with Crippen molar-refractivity contribution in [2.75, 3.05) is 13.6 Å². The highest BCUT2D eigenvalue weighted by Gasteiger charge is 2.22. The Kier molecular flexibility index (Phi) is 7.07. The van der Waals surface area contributed by atoms with Crippen LogP contribution in [0.1, 0.15) is 12.5 Å². The molecule has 0 saturated heterocycles. The maximum Gasteiger partial charge on any atom is 0.269 e. The van der Waals surface area contributed by atoms with Gasteiger partial charge in [0.15, 0.2) is 0 Å². The highest BCUT2D eigenvalue weighted by molar-refractivity contribution is 7.88. The van der Waals surface area contributed by atoms with Crippen LogP contribution in [0.3, 0.4) is 0 Å². The highest BCUT2D eigenvalue weighted by atomic mass is 35.5. The molecule has 0 aliphatic carbocycles. The summed E-state index contributed by atoms with van der Waals surface area (Å²) in [5.41, 5.74) is 5.87. The standard InChI is InChI=1S/C11H17N3O4S.ClH/c1-9(7-12)13(2)19(17,18)8-10-3-5-11(6-4-10)14(15)16;/h3-6,9H,7-8,12H2,1-2H3;1H. The monoisotopic (exact) mass is 323 g/mol. The number of nitro groups is 1. The first kappa shape index (κ1) is 18.8. The van der Waals surface area contributed by atoms with Gasteiger partial charge >= 0.3 is 0 Å². The van der Waals surface area contributed by atoms with E-state index in [1.54, 1.807) is 6.92 Å². The molecule has 9 heteroatoms.